The average molecular weight is 282 g/mol. The maximum absolute atomic E-state index is 12.1. The molecule has 7 nitrogen and oxygen atoms in total. The zero-order valence-corrected chi connectivity index (χ0v) is 12.2. The Labute approximate surface area is 118 Å². The van der Waals surface area contributed by atoms with Crippen molar-refractivity contribution in [2.24, 2.45) is 0 Å². The first-order chi connectivity index (χ1) is 9.22. The fraction of sp³-hybridized carbons (Fsp3) is 0.769. The fourth-order valence-corrected chi connectivity index (χ4v) is 2.47. The highest BCUT2D eigenvalue weighted by Gasteiger charge is 2.48. The van der Waals surface area contributed by atoms with Gasteiger partial charge in [-0.1, -0.05) is 0 Å². The first-order valence-electron chi connectivity index (χ1n) is 6.88. The van der Waals surface area contributed by atoms with Crippen LogP contribution in [0.3, 0.4) is 0 Å². The minimum atomic E-state index is -0.814. The summed E-state index contributed by atoms with van der Waals surface area (Å²) in [6.45, 7) is 7.27. The smallest absolute Gasteiger partial charge is 0.322 e. The van der Waals surface area contributed by atoms with Crippen LogP contribution >= 0.6 is 0 Å². The lowest BCUT2D eigenvalue weighted by Gasteiger charge is -2.37. The van der Waals surface area contributed by atoms with E-state index in [2.05, 4.69) is 16.0 Å². The van der Waals surface area contributed by atoms with Gasteiger partial charge >= 0.3 is 6.03 Å². The van der Waals surface area contributed by atoms with Gasteiger partial charge in [-0.2, -0.15) is 0 Å². The van der Waals surface area contributed by atoms with Crippen molar-refractivity contribution in [2.75, 3.05) is 19.6 Å². The highest BCUT2D eigenvalue weighted by molar-refractivity contribution is 6.07. The summed E-state index contributed by atoms with van der Waals surface area (Å²) in [4.78, 5) is 36.8. The molecule has 2 aliphatic rings. The number of hydrogen-bond acceptors (Lipinski definition) is 4. The van der Waals surface area contributed by atoms with Gasteiger partial charge in [0.05, 0.1) is 6.54 Å². The van der Waals surface area contributed by atoms with E-state index < -0.39 is 11.6 Å². The standard InChI is InChI=1S/C13H22N4O3/c1-12(2,3)14-8-9(18)17-6-4-13(5-7-17)10(19)15-11(20)16-13/h14H,4-8H2,1-3H3,(H2,15,16,19,20). The van der Waals surface area contributed by atoms with Crippen molar-refractivity contribution < 1.29 is 14.4 Å². The van der Waals surface area contributed by atoms with E-state index in [9.17, 15) is 14.4 Å². The van der Waals surface area contributed by atoms with Gasteiger partial charge in [-0.05, 0) is 33.6 Å². The number of amides is 4. The second kappa shape index (κ2) is 5.05. The molecule has 0 unspecified atom stereocenters. The van der Waals surface area contributed by atoms with Crippen LogP contribution in [0.1, 0.15) is 33.6 Å². The summed E-state index contributed by atoms with van der Waals surface area (Å²) in [6, 6.07) is -0.441. The molecule has 2 rings (SSSR count). The second-order valence-corrected chi connectivity index (χ2v) is 6.47. The molecule has 0 atom stereocenters. The number of likely N-dealkylation sites (tertiary alicyclic amines) is 1. The van der Waals surface area contributed by atoms with Gasteiger partial charge in [0, 0.05) is 18.6 Å². The van der Waals surface area contributed by atoms with E-state index in [0.29, 0.717) is 25.9 Å². The zero-order valence-electron chi connectivity index (χ0n) is 12.2. The summed E-state index contributed by atoms with van der Waals surface area (Å²) in [5, 5.41) is 8.10. The molecular weight excluding hydrogens is 260 g/mol. The molecule has 112 valence electrons. The predicted molar refractivity (Wildman–Crippen MR) is 73.0 cm³/mol. The van der Waals surface area contributed by atoms with Crippen molar-refractivity contribution in [3.05, 3.63) is 0 Å². The molecule has 20 heavy (non-hydrogen) atoms. The summed E-state index contributed by atoms with van der Waals surface area (Å²) >= 11 is 0. The minimum Gasteiger partial charge on any atom is -0.341 e. The third kappa shape index (κ3) is 3.09. The number of piperidine rings is 1. The number of carbonyl (C=O) groups is 3. The Morgan fingerprint density at radius 1 is 1.30 bits per heavy atom. The molecule has 4 amide bonds. The van der Waals surface area contributed by atoms with Gasteiger partial charge < -0.3 is 15.5 Å². The van der Waals surface area contributed by atoms with Crippen molar-refractivity contribution in [2.45, 2.75) is 44.7 Å². The quantitative estimate of drug-likeness (QED) is 0.600. The number of urea groups is 1. The summed E-state index contributed by atoms with van der Waals surface area (Å²) in [5.74, 6) is -0.248. The van der Waals surface area contributed by atoms with E-state index in [0.717, 1.165) is 0 Å². The van der Waals surface area contributed by atoms with E-state index in [1.807, 2.05) is 20.8 Å². The molecule has 0 aliphatic carbocycles. The average Bonchev–Trinajstić information content (AvgIpc) is 2.61. The van der Waals surface area contributed by atoms with Gasteiger partial charge in [-0.3, -0.25) is 14.9 Å². The van der Waals surface area contributed by atoms with Crippen molar-refractivity contribution in [1.29, 1.82) is 0 Å². The summed E-state index contributed by atoms with van der Waals surface area (Å²) in [6.07, 6.45) is 0.928. The molecule has 0 saturated carbocycles. The third-order valence-corrected chi connectivity index (χ3v) is 3.75. The van der Waals surface area contributed by atoms with Crippen LogP contribution < -0.4 is 16.0 Å². The second-order valence-electron chi connectivity index (χ2n) is 6.47. The largest absolute Gasteiger partial charge is 0.341 e. The summed E-state index contributed by atoms with van der Waals surface area (Å²) in [7, 11) is 0. The van der Waals surface area contributed by atoms with Crippen LogP contribution in [0.25, 0.3) is 0 Å². The van der Waals surface area contributed by atoms with Crippen LogP contribution in [0.4, 0.5) is 4.79 Å². The van der Waals surface area contributed by atoms with Crippen molar-refractivity contribution >= 4 is 17.8 Å². The Hall–Kier alpha value is -1.63. The molecule has 0 aromatic heterocycles. The lowest BCUT2D eigenvalue weighted by molar-refractivity contribution is -0.135. The Morgan fingerprint density at radius 2 is 1.90 bits per heavy atom. The van der Waals surface area contributed by atoms with Gasteiger partial charge in [0.15, 0.2) is 0 Å². The molecule has 0 bridgehead atoms. The molecule has 0 radical (unpaired) electrons. The van der Waals surface area contributed by atoms with E-state index >= 15 is 0 Å². The first kappa shape index (κ1) is 14.8. The number of carbonyl (C=O) groups excluding carboxylic acids is 3. The van der Waals surface area contributed by atoms with Gasteiger partial charge in [0.2, 0.25) is 5.91 Å². The Morgan fingerprint density at radius 3 is 2.35 bits per heavy atom. The lowest BCUT2D eigenvalue weighted by atomic mass is 9.87. The normalized spacial score (nSPS) is 21.9. The van der Waals surface area contributed by atoms with Gasteiger partial charge in [0.25, 0.3) is 5.91 Å². The maximum atomic E-state index is 12.1. The highest BCUT2D eigenvalue weighted by Crippen LogP contribution is 2.25. The fourth-order valence-electron chi connectivity index (χ4n) is 2.47. The van der Waals surface area contributed by atoms with Crippen molar-refractivity contribution in [3.8, 4) is 0 Å². The molecule has 2 fully saturated rings. The third-order valence-electron chi connectivity index (χ3n) is 3.75. The maximum Gasteiger partial charge on any atom is 0.322 e. The zero-order chi connectivity index (χ0) is 15.0. The molecule has 3 N–H and O–H groups in total. The number of imide groups is 1. The molecule has 0 aromatic carbocycles. The monoisotopic (exact) mass is 282 g/mol. The van der Waals surface area contributed by atoms with Crippen LogP contribution in [-0.2, 0) is 9.59 Å². The van der Waals surface area contributed by atoms with Gasteiger partial charge in [0.1, 0.15) is 5.54 Å². The topological polar surface area (TPSA) is 90.5 Å². The summed E-state index contributed by atoms with van der Waals surface area (Å²) in [5.41, 5.74) is -0.919. The minimum absolute atomic E-state index is 0.0273. The van der Waals surface area contributed by atoms with Crippen LogP contribution in [0.5, 0.6) is 0 Å². The van der Waals surface area contributed by atoms with E-state index in [4.69, 9.17) is 0 Å². The molecule has 2 heterocycles. The first-order valence-corrected chi connectivity index (χ1v) is 6.88. The molecule has 0 aromatic rings. The van der Waals surface area contributed by atoms with E-state index in [1.54, 1.807) is 4.90 Å². The number of rotatable bonds is 2. The van der Waals surface area contributed by atoms with Crippen LogP contribution in [-0.4, -0.2) is 53.5 Å². The summed E-state index contributed by atoms with van der Waals surface area (Å²) < 4.78 is 0. The number of nitrogens with one attached hydrogen (secondary N) is 3. The molecule has 7 heteroatoms. The van der Waals surface area contributed by atoms with Crippen LogP contribution in [0.15, 0.2) is 0 Å². The molecular formula is C13H22N4O3. The highest BCUT2D eigenvalue weighted by atomic mass is 16.2. The lowest BCUT2D eigenvalue weighted by Crippen LogP contribution is -2.57. The van der Waals surface area contributed by atoms with Crippen LogP contribution in [0, 0.1) is 0 Å². The Bertz CT molecular complexity index is 433. The van der Waals surface area contributed by atoms with Crippen molar-refractivity contribution in [1.82, 2.24) is 20.9 Å². The Balaban J connectivity index is 1.87. The number of hydrogen-bond donors (Lipinski definition) is 3. The van der Waals surface area contributed by atoms with Crippen LogP contribution in [0.2, 0.25) is 0 Å². The SMILES string of the molecule is CC(C)(C)NCC(=O)N1CCC2(CC1)NC(=O)NC2=O. The molecule has 2 saturated heterocycles. The Kier molecular flexibility index (Phi) is 3.73. The number of nitrogens with zero attached hydrogens (tertiary/aromatic N) is 1. The van der Waals surface area contributed by atoms with Gasteiger partial charge in [-0.25, -0.2) is 4.79 Å². The van der Waals surface area contributed by atoms with Gasteiger partial charge in [-0.15, -0.1) is 0 Å². The van der Waals surface area contributed by atoms with E-state index in [1.165, 1.54) is 0 Å². The van der Waals surface area contributed by atoms with Crippen molar-refractivity contribution in [3.63, 3.8) is 0 Å². The predicted octanol–water partition coefficient (Wildman–Crippen LogP) is -0.425. The molecule has 1 spiro atoms. The van der Waals surface area contributed by atoms with E-state index in [-0.39, 0.29) is 23.9 Å². The molecule has 2 aliphatic heterocycles.